The van der Waals surface area contributed by atoms with Crippen LogP contribution in [-0.4, -0.2) is 54.6 Å². The molecule has 0 unspecified atom stereocenters. The van der Waals surface area contributed by atoms with Gasteiger partial charge in [0.15, 0.2) is 17.4 Å². The fraction of sp³-hybridized carbons (Fsp3) is 0.500. The van der Waals surface area contributed by atoms with Crippen LogP contribution in [0.2, 0.25) is 5.28 Å². The highest BCUT2D eigenvalue weighted by molar-refractivity contribution is 6.28. The summed E-state index contributed by atoms with van der Waals surface area (Å²) in [5.41, 5.74) is 5.67. The zero-order valence-corrected chi connectivity index (χ0v) is 10.9. The van der Waals surface area contributed by atoms with Gasteiger partial charge in [-0.3, -0.25) is 14.3 Å². The summed E-state index contributed by atoms with van der Waals surface area (Å²) in [7, 11) is 0. The van der Waals surface area contributed by atoms with Gasteiger partial charge < -0.3 is 20.7 Å². The lowest BCUT2D eigenvalue weighted by Crippen LogP contribution is -2.39. The van der Waals surface area contributed by atoms with E-state index in [1.165, 1.54) is 10.9 Å². The van der Waals surface area contributed by atoms with Crippen LogP contribution in [0.15, 0.2) is 11.1 Å². The minimum atomic E-state index is -1.03. The lowest BCUT2D eigenvalue weighted by atomic mass is 10.1. The smallest absolute Gasteiger partial charge is 0.280 e. The van der Waals surface area contributed by atoms with E-state index in [9.17, 15) is 9.90 Å². The van der Waals surface area contributed by atoms with E-state index in [1.54, 1.807) is 0 Å². The molecule has 20 heavy (non-hydrogen) atoms. The highest BCUT2D eigenvalue weighted by atomic mass is 35.5. The Kier molecular flexibility index (Phi) is 3.22. The van der Waals surface area contributed by atoms with Gasteiger partial charge in [-0.05, 0) is 11.6 Å². The van der Waals surface area contributed by atoms with Crippen molar-refractivity contribution in [2.45, 2.75) is 24.5 Å². The molecule has 0 radical (unpaired) electrons. The molecule has 0 spiro atoms. The molecular weight excluding hydrogens is 290 g/mol. The van der Waals surface area contributed by atoms with Gasteiger partial charge >= 0.3 is 0 Å². The van der Waals surface area contributed by atoms with Crippen LogP contribution in [0.5, 0.6) is 0 Å². The van der Waals surface area contributed by atoms with E-state index in [4.69, 9.17) is 27.2 Å². The number of nitrogens with two attached hydrogens (primary N) is 1. The number of hydrogen-bond acceptors (Lipinski definition) is 7. The van der Waals surface area contributed by atoms with Crippen LogP contribution in [0.25, 0.3) is 11.2 Å². The van der Waals surface area contributed by atoms with Crippen molar-refractivity contribution in [3.05, 3.63) is 22.0 Å². The number of rotatable bonds is 2. The quantitative estimate of drug-likeness (QED) is 0.487. The maximum atomic E-state index is 11.7. The van der Waals surface area contributed by atoms with Crippen LogP contribution < -0.4 is 11.3 Å². The maximum absolute atomic E-state index is 11.7. The second-order valence-electron chi connectivity index (χ2n) is 4.50. The fourth-order valence-corrected chi connectivity index (χ4v) is 2.42. The first kappa shape index (κ1) is 13.5. The Bertz CT molecular complexity index is 701. The van der Waals surface area contributed by atoms with Crippen LogP contribution in [0.1, 0.15) is 6.23 Å². The molecule has 5 N–H and O–H groups in total. The van der Waals surface area contributed by atoms with Crippen LogP contribution in [0, 0.1) is 0 Å². The third-order valence-corrected chi connectivity index (χ3v) is 3.46. The third-order valence-electron chi connectivity index (χ3n) is 3.28. The number of fused-ring (bicyclic) bond motifs is 1. The molecule has 3 rings (SSSR count). The van der Waals surface area contributed by atoms with Crippen molar-refractivity contribution < 1.29 is 14.9 Å². The van der Waals surface area contributed by atoms with Crippen molar-refractivity contribution in [2.24, 2.45) is 5.73 Å². The number of aliphatic hydroxyl groups excluding tert-OH is 2. The van der Waals surface area contributed by atoms with Gasteiger partial charge in [-0.2, -0.15) is 4.98 Å². The molecule has 1 fully saturated rings. The zero-order chi connectivity index (χ0) is 14.4. The minimum Gasteiger partial charge on any atom is -0.394 e. The Morgan fingerprint density at radius 3 is 3.00 bits per heavy atom. The molecule has 1 saturated heterocycles. The van der Waals surface area contributed by atoms with E-state index in [1.807, 2.05) is 0 Å². The predicted octanol–water partition coefficient (Wildman–Crippen LogP) is -1.65. The molecule has 1 aliphatic heterocycles. The Labute approximate surface area is 117 Å². The molecule has 2 aromatic heterocycles. The average molecular weight is 302 g/mol. The number of ether oxygens (including phenoxy) is 1. The van der Waals surface area contributed by atoms with Gasteiger partial charge in [0.05, 0.1) is 19.0 Å². The number of hydrogen-bond donors (Lipinski definition) is 4. The van der Waals surface area contributed by atoms with Gasteiger partial charge in [0.1, 0.15) is 12.2 Å². The monoisotopic (exact) mass is 301 g/mol. The first-order chi connectivity index (χ1) is 9.52. The molecule has 2 aromatic rings. The summed E-state index contributed by atoms with van der Waals surface area (Å²) in [5.74, 6) is 0. The summed E-state index contributed by atoms with van der Waals surface area (Å²) in [6, 6.07) is -0.788. The normalized spacial score (nSPS) is 30.2. The molecule has 10 heteroatoms. The molecule has 0 bridgehead atoms. The van der Waals surface area contributed by atoms with Crippen LogP contribution in [0.4, 0.5) is 0 Å². The molecule has 1 aliphatic rings. The fourth-order valence-electron chi connectivity index (χ4n) is 2.25. The minimum absolute atomic E-state index is 0.0879. The van der Waals surface area contributed by atoms with E-state index >= 15 is 0 Å². The summed E-state index contributed by atoms with van der Waals surface area (Å²) in [6.07, 6.45) is -1.29. The summed E-state index contributed by atoms with van der Waals surface area (Å²) in [5, 5.41) is 18.9. The third kappa shape index (κ3) is 1.91. The number of imidazole rings is 1. The number of aliphatic hydroxyl groups is 2. The predicted molar refractivity (Wildman–Crippen MR) is 68.1 cm³/mol. The molecule has 0 saturated carbocycles. The number of aromatic nitrogens is 4. The maximum Gasteiger partial charge on any atom is 0.280 e. The van der Waals surface area contributed by atoms with Gasteiger partial charge in [0.25, 0.3) is 5.56 Å². The highest BCUT2D eigenvalue weighted by Gasteiger charge is 2.42. The highest BCUT2D eigenvalue weighted by Crippen LogP contribution is 2.29. The molecule has 108 valence electrons. The number of aromatic amines is 1. The Morgan fingerprint density at radius 1 is 1.60 bits per heavy atom. The van der Waals surface area contributed by atoms with Crippen LogP contribution >= 0.6 is 11.6 Å². The van der Waals surface area contributed by atoms with Crippen molar-refractivity contribution in [2.75, 3.05) is 6.61 Å². The Hall–Kier alpha value is -1.52. The molecule has 0 amide bonds. The largest absolute Gasteiger partial charge is 0.394 e. The van der Waals surface area contributed by atoms with Crippen molar-refractivity contribution >= 4 is 22.8 Å². The van der Waals surface area contributed by atoms with E-state index in [2.05, 4.69) is 15.0 Å². The summed E-state index contributed by atoms with van der Waals surface area (Å²) in [6.45, 7) is -0.368. The molecule has 0 aliphatic carbocycles. The van der Waals surface area contributed by atoms with Crippen molar-refractivity contribution in [3.63, 3.8) is 0 Å². The van der Waals surface area contributed by atoms with Gasteiger partial charge in [-0.15, -0.1) is 0 Å². The van der Waals surface area contributed by atoms with Gasteiger partial charge in [-0.25, -0.2) is 4.98 Å². The van der Waals surface area contributed by atoms with Crippen molar-refractivity contribution in [3.8, 4) is 0 Å². The van der Waals surface area contributed by atoms with Crippen molar-refractivity contribution in [1.29, 1.82) is 0 Å². The SMILES string of the molecule is N[C@@H]1[C@H](O)[C@@H](CO)O[C@@H]1n1cnc2c(=O)[nH]c(Cl)nc21. The Balaban J connectivity index is 2.09. The number of nitrogens with one attached hydrogen (secondary N) is 1. The lowest BCUT2D eigenvalue weighted by molar-refractivity contribution is -0.0437. The molecule has 4 atom stereocenters. The number of H-pyrrole nitrogens is 1. The summed E-state index contributed by atoms with van der Waals surface area (Å²) >= 11 is 5.71. The zero-order valence-electron chi connectivity index (χ0n) is 10.1. The standard InChI is InChI=1S/C10H12ClN5O4/c11-10-14-7-5(8(19)15-10)13-2-16(7)9-4(12)6(18)3(1-17)20-9/h2-4,6,9,17-18H,1,12H2,(H,14,15,19)/t3-,4-,6-,9+/m1/s1. The first-order valence-electron chi connectivity index (χ1n) is 5.85. The molecule has 0 aromatic carbocycles. The molecular formula is C10H12ClN5O4. The first-order valence-corrected chi connectivity index (χ1v) is 6.23. The number of nitrogens with zero attached hydrogens (tertiary/aromatic N) is 3. The van der Waals surface area contributed by atoms with E-state index < -0.39 is 30.0 Å². The van der Waals surface area contributed by atoms with Gasteiger partial charge in [-0.1, -0.05) is 0 Å². The Morgan fingerprint density at radius 2 is 2.35 bits per heavy atom. The molecule has 9 nitrogen and oxygen atoms in total. The van der Waals surface area contributed by atoms with Crippen LogP contribution in [-0.2, 0) is 4.74 Å². The topological polar surface area (TPSA) is 139 Å². The van der Waals surface area contributed by atoms with E-state index in [0.717, 1.165) is 0 Å². The second kappa shape index (κ2) is 4.79. The van der Waals surface area contributed by atoms with E-state index in [-0.39, 0.29) is 23.1 Å². The summed E-state index contributed by atoms with van der Waals surface area (Å²) in [4.78, 5) is 21.9. The summed E-state index contributed by atoms with van der Waals surface area (Å²) < 4.78 is 6.89. The van der Waals surface area contributed by atoms with Gasteiger partial charge in [0.2, 0.25) is 5.28 Å². The number of halogens is 1. The van der Waals surface area contributed by atoms with Gasteiger partial charge in [0, 0.05) is 0 Å². The second-order valence-corrected chi connectivity index (χ2v) is 4.85. The average Bonchev–Trinajstić information content (AvgIpc) is 2.93. The van der Waals surface area contributed by atoms with E-state index in [0.29, 0.717) is 0 Å². The van der Waals surface area contributed by atoms with Crippen molar-refractivity contribution in [1.82, 2.24) is 19.5 Å². The van der Waals surface area contributed by atoms with Crippen LogP contribution in [0.3, 0.4) is 0 Å². The molecule has 3 heterocycles. The lowest BCUT2D eigenvalue weighted by Gasteiger charge is -2.17.